The highest BCUT2D eigenvalue weighted by molar-refractivity contribution is 5.16. The molecule has 5 nitrogen and oxygen atoms in total. The average molecular weight is 260 g/mol. The lowest BCUT2D eigenvalue weighted by molar-refractivity contribution is 0.274. The summed E-state index contributed by atoms with van der Waals surface area (Å²) in [6.45, 7) is 6.31. The number of hydrogen-bond acceptors (Lipinski definition) is 4. The van der Waals surface area contributed by atoms with Crippen LogP contribution in [-0.2, 0) is 20.2 Å². The molecule has 2 aromatic rings. The quantitative estimate of drug-likeness (QED) is 0.860. The van der Waals surface area contributed by atoms with Crippen LogP contribution < -0.4 is 10.1 Å². The molecule has 0 bridgehead atoms. The lowest BCUT2D eigenvalue weighted by Crippen LogP contribution is -2.12. The Labute approximate surface area is 113 Å². The monoisotopic (exact) mass is 260 g/mol. The second kappa shape index (κ2) is 6.33. The molecule has 0 atom stereocenters. The van der Waals surface area contributed by atoms with Crippen LogP contribution in [0.4, 0.5) is 0 Å². The second-order valence-corrected chi connectivity index (χ2v) is 4.47. The Morgan fingerprint density at radius 1 is 1.37 bits per heavy atom. The van der Waals surface area contributed by atoms with Gasteiger partial charge in [0.15, 0.2) is 0 Å². The van der Waals surface area contributed by atoms with E-state index in [2.05, 4.69) is 28.4 Å². The summed E-state index contributed by atoms with van der Waals surface area (Å²) in [7, 11) is 1.87. The van der Waals surface area contributed by atoms with Gasteiger partial charge in [0.2, 0.25) is 5.88 Å². The molecule has 0 aromatic carbocycles. The number of aryl methyl sites for hydroxylation is 2. The van der Waals surface area contributed by atoms with Crippen LogP contribution in [0, 0.1) is 6.92 Å². The molecule has 0 aliphatic heterocycles. The van der Waals surface area contributed by atoms with Gasteiger partial charge in [-0.1, -0.05) is 13.0 Å². The van der Waals surface area contributed by atoms with Crippen molar-refractivity contribution in [2.75, 3.05) is 6.54 Å². The molecule has 0 aliphatic carbocycles. The van der Waals surface area contributed by atoms with Crippen LogP contribution in [0.5, 0.6) is 5.88 Å². The summed E-state index contributed by atoms with van der Waals surface area (Å²) in [5, 5.41) is 7.50. The third-order valence-electron chi connectivity index (χ3n) is 2.79. The smallest absolute Gasteiger partial charge is 0.212 e. The molecular weight excluding hydrogens is 240 g/mol. The minimum absolute atomic E-state index is 0.459. The third-order valence-corrected chi connectivity index (χ3v) is 2.79. The van der Waals surface area contributed by atoms with Gasteiger partial charge in [-0.05, 0) is 25.1 Å². The second-order valence-electron chi connectivity index (χ2n) is 4.47. The molecule has 2 heterocycles. The molecule has 0 unspecified atom stereocenters. The molecule has 2 rings (SSSR count). The van der Waals surface area contributed by atoms with Crippen molar-refractivity contribution in [3.8, 4) is 5.88 Å². The van der Waals surface area contributed by atoms with Gasteiger partial charge >= 0.3 is 0 Å². The van der Waals surface area contributed by atoms with E-state index in [1.165, 1.54) is 5.56 Å². The van der Waals surface area contributed by atoms with Gasteiger partial charge in [0, 0.05) is 25.9 Å². The van der Waals surface area contributed by atoms with Gasteiger partial charge in [0.05, 0.1) is 11.4 Å². The van der Waals surface area contributed by atoms with E-state index in [-0.39, 0.29) is 0 Å². The Morgan fingerprint density at radius 2 is 2.21 bits per heavy atom. The first-order chi connectivity index (χ1) is 9.19. The van der Waals surface area contributed by atoms with Gasteiger partial charge in [0.1, 0.15) is 6.61 Å². The molecule has 0 saturated heterocycles. The van der Waals surface area contributed by atoms with E-state index in [1.807, 2.05) is 32.3 Å². The third kappa shape index (κ3) is 3.79. The van der Waals surface area contributed by atoms with Crippen molar-refractivity contribution >= 4 is 0 Å². The van der Waals surface area contributed by atoms with Crippen LogP contribution in [-0.4, -0.2) is 21.3 Å². The van der Waals surface area contributed by atoms with E-state index in [9.17, 15) is 0 Å². The maximum absolute atomic E-state index is 5.69. The van der Waals surface area contributed by atoms with Gasteiger partial charge in [-0.2, -0.15) is 5.10 Å². The fraction of sp³-hybridized carbons (Fsp3) is 0.429. The fourth-order valence-corrected chi connectivity index (χ4v) is 1.78. The Kier molecular flexibility index (Phi) is 4.52. The van der Waals surface area contributed by atoms with Crippen molar-refractivity contribution in [1.82, 2.24) is 20.1 Å². The lowest BCUT2D eigenvalue weighted by atomic mass is 10.2. The number of nitrogens with one attached hydrogen (secondary N) is 1. The zero-order valence-electron chi connectivity index (χ0n) is 11.7. The predicted octanol–water partition coefficient (Wildman–Crippen LogP) is 1.81. The van der Waals surface area contributed by atoms with Crippen molar-refractivity contribution in [3.63, 3.8) is 0 Å². The molecule has 5 heteroatoms. The van der Waals surface area contributed by atoms with Crippen LogP contribution in [0.25, 0.3) is 0 Å². The first-order valence-corrected chi connectivity index (χ1v) is 6.47. The standard InChI is InChI=1S/C14H20N4O/c1-4-15-8-12-5-6-13(16-9-12)10-19-14-7-11(2)17-18(14)3/h5-7,9,15H,4,8,10H2,1-3H3. The average Bonchev–Trinajstić information content (AvgIpc) is 2.73. The van der Waals surface area contributed by atoms with Gasteiger partial charge in [-0.15, -0.1) is 0 Å². The highest BCUT2D eigenvalue weighted by Gasteiger charge is 2.03. The normalized spacial score (nSPS) is 10.7. The van der Waals surface area contributed by atoms with Crippen molar-refractivity contribution < 1.29 is 4.74 Å². The maximum Gasteiger partial charge on any atom is 0.212 e. The zero-order chi connectivity index (χ0) is 13.7. The number of aromatic nitrogens is 3. The van der Waals surface area contributed by atoms with E-state index in [1.54, 1.807) is 4.68 Å². The molecule has 0 aliphatic rings. The number of hydrogen-bond donors (Lipinski definition) is 1. The molecule has 0 amide bonds. The Balaban J connectivity index is 1.91. The Hall–Kier alpha value is -1.88. The molecule has 0 fully saturated rings. The Morgan fingerprint density at radius 3 is 2.79 bits per heavy atom. The minimum atomic E-state index is 0.459. The van der Waals surface area contributed by atoms with Crippen molar-refractivity contribution in [3.05, 3.63) is 41.3 Å². The van der Waals surface area contributed by atoms with Crippen molar-refractivity contribution in [2.24, 2.45) is 7.05 Å². The van der Waals surface area contributed by atoms with Crippen LogP contribution >= 0.6 is 0 Å². The van der Waals surface area contributed by atoms with Crippen LogP contribution in [0.3, 0.4) is 0 Å². The SMILES string of the molecule is CCNCc1ccc(COc2cc(C)nn2C)nc1. The summed E-state index contributed by atoms with van der Waals surface area (Å²) in [6.07, 6.45) is 1.88. The maximum atomic E-state index is 5.69. The van der Waals surface area contributed by atoms with Crippen molar-refractivity contribution in [2.45, 2.75) is 27.0 Å². The first kappa shape index (κ1) is 13.5. The van der Waals surface area contributed by atoms with E-state index in [0.29, 0.717) is 6.61 Å². The number of ether oxygens (including phenoxy) is 1. The predicted molar refractivity (Wildman–Crippen MR) is 73.9 cm³/mol. The van der Waals surface area contributed by atoms with Gasteiger partial charge < -0.3 is 10.1 Å². The topological polar surface area (TPSA) is 52.0 Å². The Bertz CT molecular complexity index is 519. The molecule has 0 saturated carbocycles. The van der Waals surface area contributed by atoms with E-state index >= 15 is 0 Å². The van der Waals surface area contributed by atoms with Crippen molar-refractivity contribution in [1.29, 1.82) is 0 Å². The molecule has 102 valence electrons. The van der Waals surface area contributed by atoms with Crippen LogP contribution in [0.1, 0.15) is 23.9 Å². The molecule has 0 spiro atoms. The number of nitrogens with zero attached hydrogens (tertiary/aromatic N) is 3. The van der Waals surface area contributed by atoms with Crippen LogP contribution in [0.15, 0.2) is 24.4 Å². The summed E-state index contributed by atoms with van der Waals surface area (Å²) in [5.41, 5.74) is 3.05. The zero-order valence-corrected chi connectivity index (χ0v) is 11.7. The van der Waals surface area contributed by atoms with E-state index in [4.69, 9.17) is 4.74 Å². The van der Waals surface area contributed by atoms with Crippen LogP contribution in [0.2, 0.25) is 0 Å². The molecule has 19 heavy (non-hydrogen) atoms. The summed E-state index contributed by atoms with van der Waals surface area (Å²) in [5.74, 6) is 0.760. The van der Waals surface area contributed by atoms with Gasteiger partial charge in [-0.25, -0.2) is 4.68 Å². The summed E-state index contributed by atoms with van der Waals surface area (Å²) < 4.78 is 7.42. The summed E-state index contributed by atoms with van der Waals surface area (Å²) in [4.78, 5) is 4.39. The number of rotatable bonds is 6. The molecule has 0 radical (unpaired) electrons. The van der Waals surface area contributed by atoms with Gasteiger partial charge in [0.25, 0.3) is 0 Å². The van der Waals surface area contributed by atoms with Gasteiger partial charge in [-0.3, -0.25) is 4.98 Å². The largest absolute Gasteiger partial charge is 0.471 e. The van der Waals surface area contributed by atoms with E-state index < -0.39 is 0 Å². The fourth-order valence-electron chi connectivity index (χ4n) is 1.78. The summed E-state index contributed by atoms with van der Waals surface area (Å²) in [6, 6.07) is 5.98. The lowest BCUT2D eigenvalue weighted by Gasteiger charge is -2.06. The first-order valence-electron chi connectivity index (χ1n) is 6.47. The molecular formula is C14H20N4O. The highest BCUT2D eigenvalue weighted by atomic mass is 16.5. The highest BCUT2D eigenvalue weighted by Crippen LogP contribution is 2.12. The molecule has 2 aromatic heterocycles. The molecule has 1 N–H and O–H groups in total. The number of pyridine rings is 1. The summed E-state index contributed by atoms with van der Waals surface area (Å²) >= 11 is 0. The van der Waals surface area contributed by atoms with E-state index in [0.717, 1.165) is 30.4 Å². The minimum Gasteiger partial charge on any atom is -0.471 e.